The summed E-state index contributed by atoms with van der Waals surface area (Å²) in [5, 5.41) is 0.562. The van der Waals surface area contributed by atoms with Crippen molar-refractivity contribution < 1.29 is 4.79 Å². The Labute approximate surface area is 118 Å². The van der Waals surface area contributed by atoms with Crippen molar-refractivity contribution in [1.82, 2.24) is 4.90 Å². The molecule has 1 atom stereocenters. The minimum atomic E-state index is -0.136. The van der Waals surface area contributed by atoms with E-state index in [1.807, 2.05) is 38.1 Å². The maximum absolute atomic E-state index is 11.9. The second-order valence-corrected chi connectivity index (χ2v) is 5.14. The first-order valence-electron chi connectivity index (χ1n) is 5.88. The average molecular weight is 286 g/mol. The molecule has 0 bridgehead atoms. The lowest BCUT2D eigenvalue weighted by Crippen LogP contribution is -2.28. The van der Waals surface area contributed by atoms with E-state index in [4.69, 9.17) is 23.2 Å². The summed E-state index contributed by atoms with van der Waals surface area (Å²) >= 11 is 11.6. The number of alkyl halides is 1. The summed E-state index contributed by atoms with van der Waals surface area (Å²) in [5.41, 5.74) is 1.06. The van der Waals surface area contributed by atoms with Gasteiger partial charge in [-0.3, -0.25) is 4.79 Å². The van der Waals surface area contributed by atoms with Gasteiger partial charge in [-0.2, -0.15) is 0 Å². The third-order valence-electron chi connectivity index (χ3n) is 2.48. The quantitative estimate of drug-likeness (QED) is 0.594. The molecule has 1 rings (SSSR count). The van der Waals surface area contributed by atoms with Crippen LogP contribution in [0.2, 0.25) is 5.02 Å². The van der Waals surface area contributed by atoms with E-state index in [9.17, 15) is 4.79 Å². The van der Waals surface area contributed by atoms with Crippen LogP contribution in [0.3, 0.4) is 0 Å². The van der Waals surface area contributed by atoms with E-state index in [0.717, 1.165) is 5.56 Å². The molecule has 4 heteroatoms. The number of hydrogen-bond acceptors (Lipinski definition) is 1. The van der Waals surface area contributed by atoms with Crippen molar-refractivity contribution in [1.29, 1.82) is 0 Å². The SMILES string of the molecule is CCN(Cc1ccc(Cl)cc1)C(=O)/C=C/C(C)Cl. The van der Waals surface area contributed by atoms with E-state index in [1.54, 1.807) is 11.0 Å². The van der Waals surface area contributed by atoms with Gasteiger partial charge in [0.05, 0.1) is 0 Å². The van der Waals surface area contributed by atoms with Crippen LogP contribution in [-0.4, -0.2) is 22.7 Å². The molecule has 18 heavy (non-hydrogen) atoms. The number of amides is 1. The van der Waals surface area contributed by atoms with Crippen LogP contribution in [0.4, 0.5) is 0 Å². The van der Waals surface area contributed by atoms with Crippen LogP contribution < -0.4 is 0 Å². The van der Waals surface area contributed by atoms with E-state index in [-0.39, 0.29) is 11.3 Å². The molecular formula is C14H17Cl2NO. The highest BCUT2D eigenvalue weighted by Crippen LogP contribution is 2.11. The molecule has 0 fully saturated rings. The zero-order valence-electron chi connectivity index (χ0n) is 10.6. The fraction of sp³-hybridized carbons (Fsp3) is 0.357. The lowest BCUT2D eigenvalue weighted by atomic mass is 10.2. The van der Waals surface area contributed by atoms with Crippen molar-refractivity contribution in [2.24, 2.45) is 0 Å². The van der Waals surface area contributed by atoms with Gasteiger partial charge in [0, 0.05) is 29.6 Å². The van der Waals surface area contributed by atoms with Crippen LogP contribution in [0.15, 0.2) is 36.4 Å². The Morgan fingerprint density at radius 3 is 2.50 bits per heavy atom. The van der Waals surface area contributed by atoms with Crippen LogP contribution in [0.25, 0.3) is 0 Å². The zero-order valence-corrected chi connectivity index (χ0v) is 12.1. The topological polar surface area (TPSA) is 20.3 Å². The lowest BCUT2D eigenvalue weighted by Gasteiger charge is -2.19. The molecule has 1 unspecified atom stereocenters. The molecule has 0 N–H and O–H groups in total. The number of halogens is 2. The first-order valence-corrected chi connectivity index (χ1v) is 6.70. The summed E-state index contributed by atoms with van der Waals surface area (Å²) in [6, 6.07) is 7.50. The molecule has 2 nitrogen and oxygen atoms in total. The molecule has 0 radical (unpaired) electrons. The summed E-state index contributed by atoms with van der Waals surface area (Å²) in [6.07, 6.45) is 3.21. The van der Waals surface area contributed by atoms with E-state index >= 15 is 0 Å². The van der Waals surface area contributed by atoms with Gasteiger partial charge in [-0.15, -0.1) is 11.6 Å². The largest absolute Gasteiger partial charge is 0.335 e. The number of rotatable bonds is 5. The van der Waals surface area contributed by atoms with Gasteiger partial charge in [0.1, 0.15) is 0 Å². The summed E-state index contributed by atoms with van der Waals surface area (Å²) < 4.78 is 0. The van der Waals surface area contributed by atoms with E-state index in [1.165, 1.54) is 6.08 Å². The summed E-state index contributed by atoms with van der Waals surface area (Å²) in [5.74, 6) is -0.0278. The Bertz CT molecular complexity index is 412. The number of carbonyl (C=O) groups is 1. The fourth-order valence-corrected chi connectivity index (χ4v) is 1.67. The molecule has 0 saturated carbocycles. The minimum Gasteiger partial charge on any atom is -0.335 e. The second kappa shape index (κ2) is 7.45. The number of benzene rings is 1. The zero-order chi connectivity index (χ0) is 13.5. The molecule has 98 valence electrons. The maximum atomic E-state index is 11.9. The summed E-state index contributed by atoms with van der Waals surface area (Å²) in [4.78, 5) is 13.7. The summed E-state index contributed by atoms with van der Waals surface area (Å²) in [7, 11) is 0. The van der Waals surface area contributed by atoms with Crippen LogP contribution >= 0.6 is 23.2 Å². The molecule has 0 aliphatic carbocycles. The Morgan fingerprint density at radius 1 is 1.39 bits per heavy atom. The van der Waals surface area contributed by atoms with Crippen LogP contribution in [0, 0.1) is 0 Å². The molecule has 0 aliphatic rings. The summed E-state index contributed by atoms with van der Waals surface area (Å²) in [6.45, 7) is 5.00. The number of nitrogens with zero attached hydrogens (tertiary/aromatic N) is 1. The van der Waals surface area contributed by atoms with Crippen LogP contribution in [-0.2, 0) is 11.3 Å². The van der Waals surface area contributed by atoms with Crippen molar-refractivity contribution in [3.63, 3.8) is 0 Å². The average Bonchev–Trinajstić information content (AvgIpc) is 2.35. The Hall–Kier alpha value is -0.990. The van der Waals surface area contributed by atoms with Crippen LogP contribution in [0.5, 0.6) is 0 Å². The second-order valence-electron chi connectivity index (χ2n) is 4.02. The number of hydrogen-bond donors (Lipinski definition) is 0. The van der Waals surface area contributed by atoms with Crippen molar-refractivity contribution >= 4 is 29.1 Å². The van der Waals surface area contributed by atoms with Gasteiger partial charge in [-0.1, -0.05) is 29.8 Å². The molecule has 0 aliphatic heterocycles. The van der Waals surface area contributed by atoms with Gasteiger partial charge < -0.3 is 4.90 Å². The van der Waals surface area contributed by atoms with E-state index in [2.05, 4.69) is 0 Å². The van der Waals surface area contributed by atoms with Gasteiger partial charge in [0.15, 0.2) is 0 Å². The Morgan fingerprint density at radius 2 is 2.00 bits per heavy atom. The first-order chi connectivity index (χ1) is 8.52. The minimum absolute atomic E-state index is 0.0278. The molecule has 1 amide bonds. The smallest absolute Gasteiger partial charge is 0.246 e. The lowest BCUT2D eigenvalue weighted by molar-refractivity contribution is -0.126. The highest BCUT2D eigenvalue weighted by atomic mass is 35.5. The molecule has 1 aromatic carbocycles. The molecule has 0 saturated heterocycles. The van der Waals surface area contributed by atoms with Gasteiger partial charge in [-0.05, 0) is 31.5 Å². The molecular weight excluding hydrogens is 269 g/mol. The van der Waals surface area contributed by atoms with Crippen LogP contribution in [0.1, 0.15) is 19.4 Å². The highest BCUT2D eigenvalue weighted by Gasteiger charge is 2.09. The highest BCUT2D eigenvalue weighted by molar-refractivity contribution is 6.30. The standard InChI is InChI=1S/C14H17Cl2NO/c1-3-17(14(18)9-4-11(2)15)10-12-5-7-13(16)8-6-12/h4-9,11H,3,10H2,1-2H3/b9-4+. The number of carbonyl (C=O) groups excluding carboxylic acids is 1. The van der Waals surface area contributed by atoms with Crippen molar-refractivity contribution in [3.05, 3.63) is 47.0 Å². The predicted octanol–water partition coefficient (Wildman–Crippen LogP) is 3.87. The van der Waals surface area contributed by atoms with Crippen molar-refractivity contribution in [3.8, 4) is 0 Å². The first kappa shape index (κ1) is 15.1. The Balaban J connectivity index is 2.67. The van der Waals surface area contributed by atoms with Gasteiger partial charge in [0.2, 0.25) is 5.91 Å². The van der Waals surface area contributed by atoms with E-state index in [0.29, 0.717) is 18.1 Å². The van der Waals surface area contributed by atoms with Gasteiger partial charge in [0.25, 0.3) is 0 Å². The number of allylic oxidation sites excluding steroid dienone is 1. The predicted molar refractivity (Wildman–Crippen MR) is 77.0 cm³/mol. The van der Waals surface area contributed by atoms with Gasteiger partial charge >= 0.3 is 0 Å². The molecule has 1 aromatic rings. The Kier molecular flexibility index (Phi) is 6.23. The molecule has 0 heterocycles. The fourth-order valence-electron chi connectivity index (χ4n) is 1.48. The third-order valence-corrected chi connectivity index (χ3v) is 2.88. The molecule has 0 aromatic heterocycles. The van der Waals surface area contributed by atoms with Crippen molar-refractivity contribution in [2.75, 3.05) is 6.54 Å². The monoisotopic (exact) mass is 285 g/mol. The van der Waals surface area contributed by atoms with E-state index < -0.39 is 0 Å². The number of likely N-dealkylation sites (N-methyl/N-ethyl adjacent to an activating group) is 1. The molecule has 0 spiro atoms. The van der Waals surface area contributed by atoms with Gasteiger partial charge in [-0.25, -0.2) is 0 Å². The van der Waals surface area contributed by atoms with Crippen molar-refractivity contribution in [2.45, 2.75) is 25.8 Å². The maximum Gasteiger partial charge on any atom is 0.246 e. The normalized spacial score (nSPS) is 12.7. The third kappa shape index (κ3) is 5.11.